The van der Waals surface area contributed by atoms with Crippen LogP contribution in [0, 0.1) is 13.8 Å². The number of amidine groups is 1. The predicted octanol–water partition coefficient (Wildman–Crippen LogP) is 4.89. The third-order valence-corrected chi connectivity index (χ3v) is 8.55. The molecular weight excluding hydrogens is 435 g/mol. The minimum absolute atomic E-state index is 0.116. The molecule has 2 aliphatic rings. The van der Waals surface area contributed by atoms with E-state index in [1.165, 1.54) is 11.1 Å². The van der Waals surface area contributed by atoms with Gasteiger partial charge >= 0.3 is 0 Å². The molecule has 0 spiro atoms. The lowest BCUT2D eigenvalue weighted by Crippen LogP contribution is -2.39. The van der Waals surface area contributed by atoms with Gasteiger partial charge in [-0.3, -0.25) is 4.99 Å². The summed E-state index contributed by atoms with van der Waals surface area (Å²) in [5.74, 6) is 0.896. The third-order valence-electron chi connectivity index (χ3n) is 5.25. The van der Waals surface area contributed by atoms with Crippen LogP contribution in [-0.4, -0.2) is 37.2 Å². The van der Waals surface area contributed by atoms with Crippen molar-refractivity contribution in [3.8, 4) is 0 Å². The number of aryl methyl sites for hydroxylation is 2. The number of aliphatic imine (C=N–C) groups is 1. The summed E-state index contributed by atoms with van der Waals surface area (Å²) in [4.78, 5) is 6.87. The van der Waals surface area contributed by atoms with E-state index in [9.17, 15) is 8.42 Å². The predicted molar refractivity (Wildman–Crippen MR) is 120 cm³/mol. The Morgan fingerprint density at radius 2 is 1.89 bits per heavy atom. The fourth-order valence-corrected chi connectivity index (χ4v) is 7.12. The van der Waals surface area contributed by atoms with Crippen molar-refractivity contribution in [2.24, 2.45) is 4.99 Å². The van der Waals surface area contributed by atoms with Crippen LogP contribution in [0.5, 0.6) is 0 Å². The summed E-state index contributed by atoms with van der Waals surface area (Å²) in [6.45, 7) is 4.13. The Labute approximate surface area is 179 Å². The van der Waals surface area contributed by atoms with E-state index in [4.69, 9.17) is 28.2 Å². The number of halogens is 2. The second-order valence-corrected chi connectivity index (χ2v) is 11.2. The Balaban J connectivity index is 1.64. The molecule has 0 N–H and O–H groups in total. The van der Waals surface area contributed by atoms with Crippen LogP contribution in [0.2, 0.25) is 10.0 Å². The maximum Gasteiger partial charge on any atom is 0.164 e. The standard InChI is InChI=1S/C20H20Cl2N2O2S2/c1-12-3-6-16(7-13(12)2)24-19-11-28(25,26)10-18(19)23-20(24)27-9-14-4-5-15(21)8-17(14)22/h3-8,18-19H,9-11H2,1-2H3/t18-,19+/m1/s1. The van der Waals surface area contributed by atoms with Crippen LogP contribution in [0.4, 0.5) is 5.69 Å². The van der Waals surface area contributed by atoms with Gasteiger partial charge < -0.3 is 4.90 Å². The minimum Gasteiger partial charge on any atom is -0.315 e. The normalized spacial score (nSPS) is 23.0. The highest BCUT2D eigenvalue weighted by Gasteiger charge is 2.47. The molecule has 0 saturated carbocycles. The fraction of sp³-hybridized carbons (Fsp3) is 0.350. The molecule has 2 atom stereocenters. The van der Waals surface area contributed by atoms with E-state index in [-0.39, 0.29) is 23.6 Å². The molecule has 0 amide bonds. The Kier molecular flexibility index (Phi) is 5.42. The fourth-order valence-electron chi connectivity index (χ4n) is 3.59. The van der Waals surface area contributed by atoms with Crippen LogP contribution in [0.15, 0.2) is 41.4 Å². The lowest BCUT2D eigenvalue weighted by Gasteiger charge is -2.27. The molecule has 0 unspecified atom stereocenters. The van der Waals surface area contributed by atoms with Crippen LogP contribution in [0.25, 0.3) is 0 Å². The monoisotopic (exact) mass is 454 g/mol. The van der Waals surface area contributed by atoms with Gasteiger partial charge in [-0.05, 0) is 54.8 Å². The van der Waals surface area contributed by atoms with Gasteiger partial charge in [-0.25, -0.2) is 8.42 Å². The van der Waals surface area contributed by atoms with Crippen LogP contribution in [0.3, 0.4) is 0 Å². The van der Waals surface area contributed by atoms with Gasteiger partial charge in [0.05, 0.1) is 23.6 Å². The Hall–Kier alpha value is -1.21. The largest absolute Gasteiger partial charge is 0.315 e. The number of rotatable bonds is 3. The number of hydrogen-bond donors (Lipinski definition) is 0. The quantitative estimate of drug-likeness (QED) is 0.662. The summed E-state index contributed by atoms with van der Waals surface area (Å²) in [6.07, 6.45) is 0. The maximum absolute atomic E-state index is 12.2. The SMILES string of the molecule is Cc1ccc(N2C(SCc3ccc(Cl)cc3Cl)=N[C@@H]3CS(=O)(=O)C[C@@H]32)cc1C. The zero-order chi connectivity index (χ0) is 20.1. The molecule has 8 heteroatoms. The molecule has 0 bridgehead atoms. The molecule has 1 fully saturated rings. The molecule has 4 nitrogen and oxygen atoms in total. The number of fused-ring (bicyclic) bond motifs is 1. The minimum atomic E-state index is -3.06. The average Bonchev–Trinajstić information content (AvgIpc) is 3.08. The number of hydrogen-bond acceptors (Lipinski definition) is 5. The van der Waals surface area contributed by atoms with Crippen molar-refractivity contribution in [3.63, 3.8) is 0 Å². The van der Waals surface area contributed by atoms with E-state index < -0.39 is 9.84 Å². The number of sulfone groups is 1. The van der Waals surface area contributed by atoms with Crippen LogP contribution in [0.1, 0.15) is 16.7 Å². The zero-order valence-electron chi connectivity index (χ0n) is 15.5. The summed E-state index contributed by atoms with van der Waals surface area (Å²) in [6, 6.07) is 11.3. The first kappa shape index (κ1) is 20.1. The Morgan fingerprint density at radius 1 is 1.11 bits per heavy atom. The second kappa shape index (κ2) is 7.56. The van der Waals surface area contributed by atoms with Crippen molar-refractivity contribution in [1.29, 1.82) is 0 Å². The van der Waals surface area contributed by atoms with Crippen molar-refractivity contribution in [2.75, 3.05) is 16.4 Å². The molecule has 0 aliphatic carbocycles. The summed E-state index contributed by atoms with van der Waals surface area (Å²) in [5.41, 5.74) is 4.34. The summed E-state index contributed by atoms with van der Waals surface area (Å²) >= 11 is 13.9. The molecule has 2 aliphatic heterocycles. The lowest BCUT2D eigenvalue weighted by atomic mass is 10.1. The van der Waals surface area contributed by atoms with Crippen LogP contribution in [-0.2, 0) is 15.6 Å². The first-order valence-electron chi connectivity index (χ1n) is 8.95. The second-order valence-electron chi connectivity index (χ2n) is 7.29. The van der Waals surface area contributed by atoms with Gasteiger partial charge in [-0.1, -0.05) is 47.1 Å². The van der Waals surface area contributed by atoms with Crippen molar-refractivity contribution < 1.29 is 8.42 Å². The van der Waals surface area contributed by atoms with Crippen molar-refractivity contribution in [1.82, 2.24) is 0 Å². The number of benzene rings is 2. The van der Waals surface area contributed by atoms with Gasteiger partial charge in [0.15, 0.2) is 15.0 Å². The number of nitrogens with zero attached hydrogens (tertiary/aromatic N) is 2. The molecule has 148 valence electrons. The Bertz CT molecular complexity index is 1070. The van der Waals surface area contributed by atoms with Crippen molar-refractivity contribution >= 4 is 55.7 Å². The highest BCUT2D eigenvalue weighted by molar-refractivity contribution is 8.13. The van der Waals surface area contributed by atoms with Gasteiger partial charge in [0, 0.05) is 21.5 Å². The van der Waals surface area contributed by atoms with Gasteiger partial charge in [0.1, 0.15) is 0 Å². The van der Waals surface area contributed by atoms with Gasteiger partial charge in [-0.2, -0.15) is 0 Å². The van der Waals surface area contributed by atoms with E-state index in [0.29, 0.717) is 15.8 Å². The van der Waals surface area contributed by atoms with Gasteiger partial charge in [0.2, 0.25) is 0 Å². The molecule has 0 radical (unpaired) electrons. The molecule has 1 saturated heterocycles. The first-order valence-corrected chi connectivity index (χ1v) is 12.5. The van der Waals surface area contributed by atoms with E-state index in [1.54, 1.807) is 17.8 Å². The third kappa shape index (κ3) is 3.92. The van der Waals surface area contributed by atoms with Gasteiger partial charge in [-0.15, -0.1) is 0 Å². The van der Waals surface area contributed by atoms with E-state index >= 15 is 0 Å². The Morgan fingerprint density at radius 3 is 2.61 bits per heavy atom. The molecule has 2 aromatic rings. The van der Waals surface area contributed by atoms with E-state index in [0.717, 1.165) is 16.4 Å². The average molecular weight is 455 g/mol. The van der Waals surface area contributed by atoms with Crippen LogP contribution < -0.4 is 4.90 Å². The molecular formula is C20H20Cl2N2O2S2. The molecule has 2 heterocycles. The number of anilines is 1. The smallest absolute Gasteiger partial charge is 0.164 e. The molecule has 4 rings (SSSR count). The highest BCUT2D eigenvalue weighted by Crippen LogP contribution is 2.37. The van der Waals surface area contributed by atoms with Gasteiger partial charge in [0.25, 0.3) is 0 Å². The maximum atomic E-state index is 12.2. The number of thioether (sulfide) groups is 1. The molecule has 28 heavy (non-hydrogen) atoms. The van der Waals surface area contributed by atoms with Crippen molar-refractivity contribution in [3.05, 3.63) is 63.1 Å². The van der Waals surface area contributed by atoms with E-state index in [2.05, 4.69) is 30.9 Å². The van der Waals surface area contributed by atoms with Crippen LogP contribution >= 0.6 is 35.0 Å². The molecule has 0 aromatic heterocycles. The zero-order valence-corrected chi connectivity index (χ0v) is 18.7. The highest BCUT2D eigenvalue weighted by atomic mass is 35.5. The summed E-state index contributed by atoms with van der Waals surface area (Å²) in [5, 5.41) is 2.08. The molecule has 2 aromatic carbocycles. The summed E-state index contributed by atoms with van der Waals surface area (Å²) in [7, 11) is -3.06. The topological polar surface area (TPSA) is 49.7 Å². The van der Waals surface area contributed by atoms with E-state index in [1.807, 2.05) is 18.2 Å². The van der Waals surface area contributed by atoms with Crippen molar-refractivity contribution in [2.45, 2.75) is 31.7 Å². The lowest BCUT2D eigenvalue weighted by molar-refractivity contribution is 0.601. The summed E-state index contributed by atoms with van der Waals surface area (Å²) < 4.78 is 24.3. The first-order chi connectivity index (χ1) is 13.2.